The van der Waals surface area contributed by atoms with Crippen molar-refractivity contribution in [3.05, 3.63) is 53.3 Å². The van der Waals surface area contributed by atoms with E-state index in [9.17, 15) is 4.79 Å². The van der Waals surface area contributed by atoms with Crippen LogP contribution in [0.25, 0.3) is 0 Å². The molecular formula is C22H32ClIN6O. The van der Waals surface area contributed by atoms with Gasteiger partial charge in [0.15, 0.2) is 5.96 Å². The molecule has 1 saturated heterocycles. The van der Waals surface area contributed by atoms with Gasteiger partial charge < -0.3 is 15.5 Å². The summed E-state index contributed by atoms with van der Waals surface area (Å²) >= 11 is 6.06. The minimum Gasteiger partial charge on any atom is -0.357 e. The van der Waals surface area contributed by atoms with E-state index in [1.807, 2.05) is 66.9 Å². The lowest BCUT2D eigenvalue weighted by molar-refractivity contribution is -0.133. The molecule has 0 bridgehead atoms. The average Bonchev–Trinajstić information content (AvgIpc) is 3.41. The van der Waals surface area contributed by atoms with E-state index in [2.05, 4.69) is 15.7 Å². The molecule has 0 radical (unpaired) electrons. The first-order valence-corrected chi connectivity index (χ1v) is 10.9. The number of nitrogens with one attached hydrogen (secondary N) is 2. The van der Waals surface area contributed by atoms with Crippen molar-refractivity contribution < 1.29 is 4.79 Å². The number of aromatic nitrogens is 2. The summed E-state index contributed by atoms with van der Waals surface area (Å²) in [6, 6.07) is 9.88. The molecule has 0 aliphatic carbocycles. The Morgan fingerprint density at radius 2 is 2.06 bits per heavy atom. The van der Waals surface area contributed by atoms with E-state index >= 15 is 0 Å². The van der Waals surface area contributed by atoms with E-state index in [-0.39, 0.29) is 47.9 Å². The molecular weight excluding hydrogens is 527 g/mol. The number of carbonyl (C=O) groups is 1. The van der Waals surface area contributed by atoms with E-state index in [1.165, 1.54) is 0 Å². The van der Waals surface area contributed by atoms with Gasteiger partial charge in [0.1, 0.15) is 0 Å². The lowest BCUT2D eigenvalue weighted by Gasteiger charge is -2.21. The summed E-state index contributed by atoms with van der Waals surface area (Å²) < 4.78 is 1.91. The molecule has 0 spiro atoms. The van der Waals surface area contributed by atoms with E-state index in [4.69, 9.17) is 16.6 Å². The van der Waals surface area contributed by atoms with Gasteiger partial charge in [-0.3, -0.25) is 14.5 Å². The number of halogens is 2. The molecule has 170 valence electrons. The Labute approximate surface area is 206 Å². The third-order valence-corrected chi connectivity index (χ3v) is 5.45. The average molecular weight is 559 g/mol. The summed E-state index contributed by atoms with van der Waals surface area (Å²) in [5, 5.41) is 11.9. The van der Waals surface area contributed by atoms with Crippen molar-refractivity contribution in [1.29, 1.82) is 0 Å². The smallest absolute Gasteiger partial charge is 0.225 e. The number of nitrogens with zero attached hydrogens (tertiary/aromatic N) is 4. The number of aliphatic imine (C=N–C) groups is 1. The number of rotatable bonds is 7. The van der Waals surface area contributed by atoms with Gasteiger partial charge in [-0.15, -0.1) is 24.0 Å². The molecule has 2 aromatic rings. The van der Waals surface area contributed by atoms with Crippen LogP contribution in [0.3, 0.4) is 0 Å². The van der Waals surface area contributed by atoms with Gasteiger partial charge in [-0.1, -0.05) is 37.6 Å². The van der Waals surface area contributed by atoms with Gasteiger partial charge in [0.05, 0.1) is 12.6 Å². The zero-order valence-corrected chi connectivity index (χ0v) is 21.4. The van der Waals surface area contributed by atoms with Crippen LogP contribution in [-0.4, -0.2) is 58.8 Å². The maximum absolute atomic E-state index is 12.3. The van der Waals surface area contributed by atoms with Gasteiger partial charge in [-0.2, -0.15) is 5.10 Å². The van der Waals surface area contributed by atoms with Crippen LogP contribution in [-0.2, 0) is 4.79 Å². The molecule has 7 nitrogen and oxygen atoms in total. The van der Waals surface area contributed by atoms with Crippen LogP contribution in [0.15, 0.2) is 47.7 Å². The summed E-state index contributed by atoms with van der Waals surface area (Å²) in [6.45, 7) is 8.72. The quantitative estimate of drug-likeness (QED) is 0.310. The minimum atomic E-state index is -0.0321. The first kappa shape index (κ1) is 25.5. The molecule has 1 amide bonds. The second-order valence-electron chi connectivity index (χ2n) is 7.84. The van der Waals surface area contributed by atoms with Crippen molar-refractivity contribution >= 4 is 47.4 Å². The fourth-order valence-electron chi connectivity index (χ4n) is 3.63. The molecule has 1 fully saturated rings. The maximum Gasteiger partial charge on any atom is 0.225 e. The van der Waals surface area contributed by atoms with Crippen LogP contribution in [0.4, 0.5) is 0 Å². The van der Waals surface area contributed by atoms with Crippen LogP contribution in [0.5, 0.6) is 0 Å². The number of hydrogen-bond donors (Lipinski definition) is 2. The monoisotopic (exact) mass is 558 g/mol. The molecule has 1 aliphatic heterocycles. The van der Waals surface area contributed by atoms with E-state index in [0.29, 0.717) is 18.1 Å². The molecule has 2 unspecified atom stereocenters. The van der Waals surface area contributed by atoms with Crippen molar-refractivity contribution in [2.45, 2.75) is 39.3 Å². The summed E-state index contributed by atoms with van der Waals surface area (Å²) in [7, 11) is 0. The number of carbonyl (C=O) groups excluding carboxylic acids is 1. The molecule has 3 rings (SSSR count). The van der Waals surface area contributed by atoms with Gasteiger partial charge in [-0.05, 0) is 37.1 Å². The highest BCUT2D eigenvalue weighted by molar-refractivity contribution is 14.0. The summed E-state index contributed by atoms with van der Waals surface area (Å²) in [4.78, 5) is 19.0. The summed E-state index contributed by atoms with van der Waals surface area (Å²) in [5.41, 5.74) is 1.09. The molecule has 31 heavy (non-hydrogen) atoms. The van der Waals surface area contributed by atoms with Gasteiger partial charge >= 0.3 is 0 Å². The second kappa shape index (κ2) is 12.3. The summed E-state index contributed by atoms with van der Waals surface area (Å²) in [5.74, 6) is 0.995. The standard InChI is InChI=1S/C22H31ClN6O.HI/c1-4-24-22(27-19-10-13-28(15-19)21(30)16(2)3)25-14-20(29-12-5-11-26-29)17-6-8-18(23)9-7-17;/h5-9,11-12,16,19-20H,4,10,13-15H2,1-3H3,(H2,24,25,27);1H. The summed E-state index contributed by atoms with van der Waals surface area (Å²) in [6.07, 6.45) is 4.64. The lowest BCUT2D eigenvalue weighted by atomic mass is 10.1. The topological polar surface area (TPSA) is 74.6 Å². The third kappa shape index (κ3) is 7.10. The highest BCUT2D eigenvalue weighted by Crippen LogP contribution is 2.20. The van der Waals surface area contributed by atoms with Gasteiger partial charge in [-0.25, -0.2) is 0 Å². The number of likely N-dealkylation sites (tertiary alicyclic amines) is 1. The van der Waals surface area contributed by atoms with Crippen molar-refractivity contribution in [2.75, 3.05) is 26.2 Å². The van der Waals surface area contributed by atoms with Crippen molar-refractivity contribution in [3.8, 4) is 0 Å². The van der Waals surface area contributed by atoms with Crippen LogP contribution < -0.4 is 10.6 Å². The van der Waals surface area contributed by atoms with E-state index < -0.39 is 0 Å². The predicted octanol–water partition coefficient (Wildman–Crippen LogP) is 3.56. The molecule has 9 heteroatoms. The Bertz CT molecular complexity index is 840. The SMILES string of the molecule is CCNC(=NCC(c1ccc(Cl)cc1)n1cccn1)NC1CCN(C(=O)C(C)C)C1.I. The Hall–Kier alpha value is -1.81. The Morgan fingerprint density at radius 1 is 1.32 bits per heavy atom. The largest absolute Gasteiger partial charge is 0.357 e. The van der Waals surface area contributed by atoms with Crippen LogP contribution in [0, 0.1) is 5.92 Å². The lowest BCUT2D eigenvalue weighted by Crippen LogP contribution is -2.45. The second-order valence-corrected chi connectivity index (χ2v) is 8.28. The van der Waals surface area contributed by atoms with Crippen molar-refractivity contribution in [1.82, 2.24) is 25.3 Å². The zero-order chi connectivity index (χ0) is 21.5. The highest BCUT2D eigenvalue weighted by Gasteiger charge is 2.28. The fourth-order valence-corrected chi connectivity index (χ4v) is 3.75. The Balaban J connectivity index is 0.00000341. The maximum atomic E-state index is 12.3. The first-order chi connectivity index (χ1) is 14.5. The fraction of sp³-hybridized carbons (Fsp3) is 0.500. The predicted molar refractivity (Wildman–Crippen MR) is 136 cm³/mol. The van der Waals surface area contributed by atoms with Crippen LogP contribution in [0.1, 0.15) is 38.8 Å². The van der Waals surface area contributed by atoms with Crippen molar-refractivity contribution in [2.24, 2.45) is 10.9 Å². The molecule has 2 heterocycles. The first-order valence-electron chi connectivity index (χ1n) is 10.6. The molecule has 0 saturated carbocycles. The molecule has 1 aliphatic rings. The normalized spacial score (nSPS) is 17.4. The third-order valence-electron chi connectivity index (χ3n) is 5.20. The van der Waals surface area contributed by atoms with E-state index in [0.717, 1.165) is 31.0 Å². The van der Waals surface area contributed by atoms with Crippen molar-refractivity contribution in [3.63, 3.8) is 0 Å². The molecule has 1 aromatic carbocycles. The molecule has 1 aromatic heterocycles. The Kier molecular flexibility index (Phi) is 10.1. The highest BCUT2D eigenvalue weighted by atomic mass is 127. The molecule has 2 N–H and O–H groups in total. The Morgan fingerprint density at radius 3 is 2.68 bits per heavy atom. The minimum absolute atomic E-state index is 0. The number of amides is 1. The molecule has 2 atom stereocenters. The van der Waals surface area contributed by atoms with Gasteiger partial charge in [0.25, 0.3) is 0 Å². The van der Waals surface area contributed by atoms with Crippen LogP contribution in [0.2, 0.25) is 5.02 Å². The van der Waals surface area contributed by atoms with Gasteiger partial charge in [0, 0.05) is 49.0 Å². The number of hydrogen-bond acceptors (Lipinski definition) is 3. The van der Waals surface area contributed by atoms with Gasteiger partial charge in [0.2, 0.25) is 5.91 Å². The number of guanidine groups is 1. The van der Waals surface area contributed by atoms with Crippen LogP contribution >= 0.6 is 35.6 Å². The van der Waals surface area contributed by atoms with E-state index in [1.54, 1.807) is 6.20 Å². The zero-order valence-electron chi connectivity index (χ0n) is 18.3. The number of benzene rings is 1.